The molecular weight excluding hydrogens is 430 g/mol. The highest BCUT2D eigenvalue weighted by Crippen LogP contribution is 2.25. The molecule has 2 saturated heterocycles. The van der Waals surface area contributed by atoms with E-state index in [0.29, 0.717) is 23.8 Å². The van der Waals surface area contributed by atoms with Crippen molar-refractivity contribution in [1.82, 2.24) is 19.2 Å². The first-order valence-electron chi connectivity index (χ1n) is 11.3. The maximum Gasteiger partial charge on any atom is 0.230 e. The summed E-state index contributed by atoms with van der Waals surface area (Å²) in [5.41, 5.74) is 1.01. The number of nitrogens with zero attached hydrogens (tertiary/aromatic N) is 5. The van der Waals surface area contributed by atoms with Gasteiger partial charge in [0.25, 0.3) is 0 Å². The Balaban J connectivity index is 1.70. The fourth-order valence-corrected chi connectivity index (χ4v) is 6.66. The highest BCUT2D eigenvalue weighted by Gasteiger charge is 2.33. The molecule has 2 aromatic rings. The van der Waals surface area contributed by atoms with Gasteiger partial charge in [-0.1, -0.05) is 32.0 Å². The standard InChI is InChI=1S/C22H33N5O2S2/c1-18(2)15-25(20-11-14-31(28,29)16-20)17-26-22(30)27(19-9-5-3-6-10-19)21(23-26)24-12-7-4-8-13-24/h3,5-6,9-10,18,20H,4,7-8,11-17H2,1-2H3. The van der Waals surface area contributed by atoms with Crippen LogP contribution in [0, 0.1) is 10.7 Å². The van der Waals surface area contributed by atoms with Crippen LogP contribution in [0.25, 0.3) is 5.69 Å². The second kappa shape index (κ2) is 9.42. The number of hydrogen-bond acceptors (Lipinski definition) is 6. The molecule has 1 unspecified atom stereocenters. The molecule has 7 nitrogen and oxygen atoms in total. The predicted octanol–water partition coefficient (Wildman–Crippen LogP) is 3.50. The van der Waals surface area contributed by atoms with Crippen molar-refractivity contribution in [3.05, 3.63) is 35.1 Å². The largest absolute Gasteiger partial charge is 0.341 e. The minimum Gasteiger partial charge on any atom is -0.341 e. The Morgan fingerprint density at radius 1 is 1.16 bits per heavy atom. The van der Waals surface area contributed by atoms with Crippen LogP contribution < -0.4 is 4.90 Å². The number of piperidine rings is 1. The van der Waals surface area contributed by atoms with E-state index >= 15 is 0 Å². The van der Waals surface area contributed by atoms with Gasteiger partial charge in [-0.2, -0.15) is 0 Å². The molecule has 2 fully saturated rings. The number of sulfone groups is 1. The van der Waals surface area contributed by atoms with Gasteiger partial charge >= 0.3 is 0 Å². The number of anilines is 1. The van der Waals surface area contributed by atoms with Gasteiger partial charge < -0.3 is 4.90 Å². The van der Waals surface area contributed by atoms with Crippen LogP contribution in [-0.2, 0) is 16.5 Å². The van der Waals surface area contributed by atoms with Crippen LogP contribution in [-0.4, -0.2) is 64.8 Å². The van der Waals surface area contributed by atoms with Gasteiger partial charge in [-0.3, -0.25) is 9.47 Å². The molecule has 0 aliphatic carbocycles. The lowest BCUT2D eigenvalue weighted by molar-refractivity contribution is 0.137. The first kappa shape index (κ1) is 22.5. The molecule has 0 amide bonds. The van der Waals surface area contributed by atoms with Gasteiger partial charge in [0.15, 0.2) is 9.84 Å². The summed E-state index contributed by atoms with van der Waals surface area (Å²) in [6.07, 6.45) is 4.25. The predicted molar refractivity (Wildman–Crippen MR) is 127 cm³/mol. The van der Waals surface area contributed by atoms with E-state index in [2.05, 4.69) is 40.3 Å². The first-order valence-corrected chi connectivity index (χ1v) is 13.5. The number of hydrogen-bond donors (Lipinski definition) is 0. The van der Waals surface area contributed by atoms with Gasteiger partial charge in [0, 0.05) is 25.7 Å². The fraction of sp³-hybridized carbons (Fsp3) is 0.636. The summed E-state index contributed by atoms with van der Waals surface area (Å²) in [5.74, 6) is 1.82. The molecule has 2 aliphatic heterocycles. The van der Waals surface area contributed by atoms with Crippen molar-refractivity contribution in [2.24, 2.45) is 5.92 Å². The van der Waals surface area contributed by atoms with Crippen molar-refractivity contribution in [3.63, 3.8) is 0 Å². The molecule has 0 saturated carbocycles. The Bertz CT molecular complexity index is 1040. The van der Waals surface area contributed by atoms with E-state index in [1.54, 1.807) is 0 Å². The molecule has 4 rings (SSSR count). The van der Waals surface area contributed by atoms with Gasteiger partial charge in [-0.15, -0.1) is 5.10 Å². The molecule has 1 atom stereocenters. The van der Waals surface area contributed by atoms with Crippen LogP contribution in [0.1, 0.15) is 39.5 Å². The Labute approximate surface area is 190 Å². The topological polar surface area (TPSA) is 63.4 Å². The zero-order valence-corrected chi connectivity index (χ0v) is 20.1. The molecule has 0 spiro atoms. The third kappa shape index (κ3) is 5.21. The zero-order chi connectivity index (χ0) is 22.0. The number of aromatic nitrogens is 3. The van der Waals surface area contributed by atoms with Crippen molar-refractivity contribution in [2.75, 3.05) is 36.0 Å². The molecule has 1 aromatic carbocycles. The van der Waals surface area contributed by atoms with Crippen LogP contribution in [0.15, 0.2) is 30.3 Å². The summed E-state index contributed by atoms with van der Waals surface area (Å²) in [7, 11) is -2.95. The third-order valence-corrected chi connectivity index (χ3v) is 8.26. The summed E-state index contributed by atoms with van der Waals surface area (Å²) in [6.45, 7) is 7.62. The molecule has 1 aromatic heterocycles. The Kier molecular flexibility index (Phi) is 6.83. The highest BCUT2D eigenvalue weighted by atomic mass is 32.2. The summed E-state index contributed by atoms with van der Waals surface area (Å²) in [6, 6.07) is 10.2. The van der Waals surface area contributed by atoms with Crippen LogP contribution >= 0.6 is 12.2 Å². The molecule has 170 valence electrons. The maximum absolute atomic E-state index is 12.1. The summed E-state index contributed by atoms with van der Waals surface area (Å²) in [5, 5.41) is 4.97. The molecule has 9 heteroatoms. The van der Waals surface area contributed by atoms with Gasteiger partial charge in [0.05, 0.1) is 23.9 Å². The summed E-state index contributed by atoms with van der Waals surface area (Å²) < 4.78 is 28.9. The number of benzene rings is 1. The van der Waals surface area contributed by atoms with E-state index in [-0.39, 0.29) is 17.5 Å². The highest BCUT2D eigenvalue weighted by molar-refractivity contribution is 7.91. The maximum atomic E-state index is 12.1. The van der Waals surface area contributed by atoms with Crippen LogP contribution in [0.2, 0.25) is 0 Å². The Hall–Kier alpha value is -1.71. The Morgan fingerprint density at radius 2 is 1.87 bits per heavy atom. The molecule has 3 heterocycles. The average Bonchev–Trinajstić information content (AvgIpc) is 3.28. The average molecular weight is 464 g/mol. The van der Waals surface area contributed by atoms with E-state index in [9.17, 15) is 8.42 Å². The van der Waals surface area contributed by atoms with Gasteiger partial charge in [-0.25, -0.2) is 13.1 Å². The van der Waals surface area contributed by atoms with Gasteiger partial charge in [-0.05, 0) is 56.0 Å². The van der Waals surface area contributed by atoms with E-state index in [1.807, 2.05) is 22.9 Å². The Morgan fingerprint density at radius 3 is 2.48 bits per heavy atom. The molecule has 0 radical (unpaired) electrons. The minimum atomic E-state index is -2.95. The second-order valence-electron chi connectivity index (χ2n) is 9.16. The lowest BCUT2D eigenvalue weighted by atomic mass is 10.1. The van der Waals surface area contributed by atoms with Crippen molar-refractivity contribution in [3.8, 4) is 5.69 Å². The normalized spacial score (nSPS) is 21.3. The summed E-state index contributed by atoms with van der Waals surface area (Å²) >= 11 is 5.91. The third-order valence-electron chi connectivity index (χ3n) is 6.12. The smallest absolute Gasteiger partial charge is 0.230 e. The SMILES string of the molecule is CC(C)CN(Cn1nc(N2CCCCC2)n(-c2ccccc2)c1=S)C1CCS(=O)(=O)C1. The minimum absolute atomic E-state index is 0.0228. The summed E-state index contributed by atoms with van der Waals surface area (Å²) in [4.78, 5) is 4.59. The van der Waals surface area contributed by atoms with E-state index in [1.165, 1.54) is 6.42 Å². The van der Waals surface area contributed by atoms with E-state index in [0.717, 1.165) is 44.1 Å². The first-order chi connectivity index (χ1) is 14.8. The van der Waals surface area contributed by atoms with Crippen molar-refractivity contribution < 1.29 is 8.42 Å². The van der Waals surface area contributed by atoms with Gasteiger partial charge in [0.1, 0.15) is 0 Å². The fourth-order valence-electron chi connectivity index (χ4n) is 4.62. The molecule has 2 aliphatic rings. The van der Waals surface area contributed by atoms with Crippen molar-refractivity contribution in [2.45, 2.75) is 52.2 Å². The van der Waals surface area contributed by atoms with E-state index < -0.39 is 9.84 Å². The van der Waals surface area contributed by atoms with Gasteiger partial charge in [0.2, 0.25) is 10.7 Å². The molecule has 31 heavy (non-hydrogen) atoms. The lowest BCUT2D eigenvalue weighted by Gasteiger charge is -2.29. The monoisotopic (exact) mass is 463 g/mol. The van der Waals surface area contributed by atoms with Crippen LogP contribution in [0.4, 0.5) is 5.95 Å². The van der Waals surface area contributed by atoms with E-state index in [4.69, 9.17) is 17.3 Å². The molecular formula is C22H33N5O2S2. The zero-order valence-electron chi connectivity index (χ0n) is 18.5. The van der Waals surface area contributed by atoms with Crippen molar-refractivity contribution >= 4 is 28.0 Å². The van der Waals surface area contributed by atoms with Crippen LogP contribution in [0.5, 0.6) is 0 Å². The second-order valence-corrected chi connectivity index (χ2v) is 11.8. The number of para-hydroxylation sites is 1. The van der Waals surface area contributed by atoms with Crippen LogP contribution in [0.3, 0.4) is 0 Å². The number of rotatable bonds is 7. The molecule has 0 bridgehead atoms. The molecule has 0 N–H and O–H groups in total. The van der Waals surface area contributed by atoms with Crippen molar-refractivity contribution in [1.29, 1.82) is 0 Å². The lowest BCUT2D eigenvalue weighted by Crippen LogP contribution is -2.40. The quantitative estimate of drug-likeness (QED) is 0.586.